The molecule has 6 heteroatoms. The van der Waals surface area contributed by atoms with Crippen LogP contribution in [0.25, 0.3) is 11.4 Å². The zero-order chi connectivity index (χ0) is 21.0. The van der Waals surface area contributed by atoms with Crippen LogP contribution < -0.4 is 4.74 Å². The molecule has 0 spiro atoms. The minimum Gasteiger partial charge on any atom is -0.481 e. The summed E-state index contributed by atoms with van der Waals surface area (Å²) in [6.07, 6.45) is -0.627. The Morgan fingerprint density at radius 2 is 1.76 bits per heavy atom. The lowest BCUT2D eigenvalue weighted by atomic mass is 10.1. The van der Waals surface area contributed by atoms with Gasteiger partial charge in [-0.1, -0.05) is 41.1 Å². The van der Waals surface area contributed by atoms with Gasteiger partial charge >= 0.3 is 0 Å². The number of aromatic nitrogens is 2. The van der Waals surface area contributed by atoms with Crippen molar-refractivity contribution in [3.05, 3.63) is 65.5 Å². The Balaban J connectivity index is 1.72. The molecule has 0 unspecified atom stereocenters. The normalized spacial score (nSPS) is 12.1. The minimum atomic E-state index is -0.627. The van der Waals surface area contributed by atoms with Crippen LogP contribution >= 0.6 is 0 Å². The van der Waals surface area contributed by atoms with Gasteiger partial charge in [0, 0.05) is 11.6 Å². The summed E-state index contributed by atoms with van der Waals surface area (Å²) in [4.78, 5) is 19.2. The van der Waals surface area contributed by atoms with Crippen molar-refractivity contribution < 1.29 is 14.1 Å². The molecule has 0 radical (unpaired) electrons. The average molecular weight is 393 g/mol. The molecule has 29 heavy (non-hydrogen) atoms. The van der Waals surface area contributed by atoms with Crippen molar-refractivity contribution in [3.63, 3.8) is 0 Å². The molecule has 0 saturated carbocycles. The van der Waals surface area contributed by atoms with Gasteiger partial charge in [-0.2, -0.15) is 4.98 Å². The van der Waals surface area contributed by atoms with Gasteiger partial charge in [-0.3, -0.25) is 4.79 Å². The topological polar surface area (TPSA) is 68.5 Å². The lowest BCUT2D eigenvalue weighted by Crippen LogP contribution is -2.43. The molecule has 3 rings (SSSR count). The van der Waals surface area contributed by atoms with Crippen molar-refractivity contribution in [1.82, 2.24) is 15.0 Å². The molecular formula is C23H27N3O3. The Bertz CT molecular complexity index is 981. The van der Waals surface area contributed by atoms with Crippen molar-refractivity contribution in [2.45, 2.75) is 53.3 Å². The SMILES string of the molecule is Cc1cccc(O[C@H](C)C(=O)N(Cc2nc(-c3cccc(C)c3)no2)C(C)C)c1. The molecule has 0 aliphatic carbocycles. The van der Waals surface area contributed by atoms with E-state index in [1.54, 1.807) is 11.8 Å². The molecule has 3 aromatic rings. The number of benzene rings is 2. The van der Waals surface area contributed by atoms with Crippen molar-refractivity contribution in [2.24, 2.45) is 0 Å². The summed E-state index contributed by atoms with van der Waals surface area (Å²) in [5.74, 6) is 1.46. The predicted octanol–water partition coefficient (Wildman–Crippen LogP) is 4.56. The Hall–Kier alpha value is -3.15. The molecule has 2 aromatic carbocycles. The van der Waals surface area contributed by atoms with Crippen molar-refractivity contribution in [1.29, 1.82) is 0 Å². The van der Waals surface area contributed by atoms with E-state index in [2.05, 4.69) is 10.1 Å². The Morgan fingerprint density at radius 3 is 2.41 bits per heavy atom. The van der Waals surface area contributed by atoms with Gasteiger partial charge in [-0.05, 0) is 58.4 Å². The van der Waals surface area contributed by atoms with Gasteiger partial charge in [-0.15, -0.1) is 0 Å². The third-order valence-electron chi connectivity index (χ3n) is 4.61. The molecule has 6 nitrogen and oxygen atoms in total. The lowest BCUT2D eigenvalue weighted by molar-refractivity contribution is -0.140. The second kappa shape index (κ2) is 8.90. The molecule has 1 heterocycles. The average Bonchev–Trinajstić information content (AvgIpc) is 3.14. The largest absolute Gasteiger partial charge is 0.481 e. The van der Waals surface area contributed by atoms with E-state index in [4.69, 9.17) is 9.26 Å². The van der Waals surface area contributed by atoms with Gasteiger partial charge in [-0.25, -0.2) is 0 Å². The van der Waals surface area contributed by atoms with Crippen molar-refractivity contribution in [2.75, 3.05) is 0 Å². The van der Waals surface area contributed by atoms with Gasteiger partial charge in [0.25, 0.3) is 5.91 Å². The van der Waals surface area contributed by atoms with E-state index in [-0.39, 0.29) is 18.5 Å². The maximum absolute atomic E-state index is 13.0. The fourth-order valence-corrected chi connectivity index (χ4v) is 3.06. The number of rotatable bonds is 7. The summed E-state index contributed by atoms with van der Waals surface area (Å²) in [7, 11) is 0. The Morgan fingerprint density at radius 1 is 1.07 bits per heavy atom. The highest BCUT2D eigenvalue weighted by atomic mass is 16.5. The van der Waals surface area contributed by atoms with Crippen molar-refractivity contribution in [3.8, 4) is 17.1 Å². The van der Waals surface area contributed by atoms with Crippen LogP contribution in [0.5, 0.6) is 5.75 Å². The van der Waals surface area contributed by atoms with Crippen LogP contribution in [0.15, 0.2) is 53.1 Å². The summed E-state index contributed by atoms with van der Waals surface area (Å²) in [5, 5.41) is 4.07. The predicted molar refractivity (Wildman–Crippen MR) is 111 cm³/mol. The molecule has 1 amide bonds. The first kappa shape index (κ1) is 20.6. The first-order valence-corrected chi connectivity index (χ1v) is 9.77. The van der Waals surface area contributed by atoms with Crippen LogP contribution in [0.1, 0.15) is 37.8 Å². The van der Waals surface area contributed by atoms with E-state index in [0.717, 1.165) is 16.7 Å². The van der Waals surface area contributed by atoms with Crippen molar-refractivity contribution >= 4 is 5.91 Å². The van der Waals surface area contributed by atoms with E-state index < -0.39 is 6.10 Å². The zero-order valence-corrected chi connectivity index (χ0v) is 17.5. The molecule has 152 valence electrons. The molecule has 0 aliphatic heterocycles. The summed E-state index contributed by atoms with van der Waals surface area (Å²) in [6, 6.07) is 15.5. The molecule has 1 atom stereocenters. The first-order valence-electron chi connectivity index (χ1n) is 9.77. The Kier molecular flexibility index (Phi) is 6.32. The Labute approximate surface area is 171 Å². The monoisotopic (exact) mass is 393 g/mol. The van der Waals surface area contributed by atoms with E-state index in [1.807, 2.05) is 76.2 Å². The number of nitrogens with zero attached hydrogens (tertiary/aromatic N) is 3. The number of amides is 1. The quantitative estimate of drug-likeness (QED) is 0.589. The number of carbonyl (C=O) groups is 1. The molecule has 0 bridgehead atoms. The van der Waals surface area contributed by atoms with Crippen LogP contribution in [-0.4, -0.2) is 33.1 Å². The fraction of sp³-hybridized carbons (Fsp3) is 0.348. The third-order valence-corrected chi connectivity index (χ3v) is 4.61. The smallest absolute Gasteiger partial charge is 0.264 e. The van der Waals surface area contributed by atoms with Crippen LogP contribution in [-0.2, 0) is 11.3 Å². The maximum Gasteiger partial charge on any atom is 0.264 e. The standard InChI is InChI=1S/C23H27N3O3/c1-15(2)26(23(27)18(5)28-20-11-7-9-17(4)13-20)14-21-24-22(25-29-21)19-10-6-8-16(3)12-19/h6-13,15,18H,14H2,1-5H3/t18-/m1/s1. The summed E-state index contributed by atoms with van der Waals surface area (Å²) >= 11 is 0. The number of hydrogen-bond donors (Lipinski definition) is 0. The van der Waals surface area contributed by atoms with Gasteiger partial charge in [0.15, 0.2) is 6.10 Å². The second-order valence-electron chi connectivity index (χ2n) is 7.52. The van der Waals surface area contributed by atoms with E-state index >= 15 is 0 Å². The summed E-state index contributed by atoms with van der Waals surface area (Å²) in [6.45, 7) is 9.90. The van der Waals surface area contributed by atoms with Crippen LogP contribution in [0.2, 0.25) is 0 Å². The maximum atomic E-state index is 13.0. The molecule has 1 aromatic heterocycles. The number of hydrogen-bond acceptors (Lipinski definition) is 5. The molecular weight excluding hydrogens is 366 g/mol. The van der Waals surface area contributed by atoms with Gasteiger partial charge in [0.1, 0.15) is 12.3 Å². The highest BCUT2D eigenvalue weighted by Gasteiger charge is 2.26. The summed E-state index contributed by atoms with van der Waals surface area (Å²) in [5.41, 5.74) is 3.09. The van der Waals surface area contributed by atoms with E-state index in [1.165, 1.54) is 0 Å². The highest BCUT2D eigenvalue weighted by molar-refractivity contribution is 5.81. The minimum absolute atomic E-state index is 0.0413. The number of ether oxygens (including phenoxy) is 1. The molecule has 0 fully saturated rings. The van der Waals surface area contributed by atoms with Crippen LogP contribution in [0, 0.1) is 13.8 Å². The highest BCUT2D eigenvalue weighted by Crippen LogP contribution is 2.19. The number of aryl methyl sites for hydroxylation is 2. The molecule has 0 N–H and O–H groups in total. The third kappa shape index (κ3) is 5.22. The summed E-state index contributed by atoms with van der Waals surface area (Å²) < 4.78 is 11.3. The first-order chi connectivity index (χ1) is 13.8. The number of carbonyl (C=O) groups excluding carboxylic acids is 1. The van der Waals surface area contributed by atoms with Gasteiger partial charge in [0.05, 0.1) is 0 Å². The second-order valence-corrected chi connectivity index (χ2v) is 7.52. The molecule has 0 aliphatic rings. The van der Waals surface area contributed by atoms with Crippen LogP contribution in [0.4, 0.5) is 0 Å². The van der Waals surface area contributed by atoms with E-state index in [0.29, 0.717) is 17.5 Å². The molecule has 0 saturated heterocycles. The fourth-order valence-electron chi connectivity index (χ4n) is 3.06. The lowest BCUT2D eigenvalue weighted by Gasteiger charge is -2.28. The van der Waals surface area contributed by atoms with Gasteiger partial charge in [0.2, 0.25) is 11.7 Å². The van der Waals surface area contributed by atoms with Crippen LogP contribution in [0.3, 0.4) is 0 Å². The van der Waals surface area contributed by atoms with E-state index in [9.17, 15) is 4.79 Å². The van der Waals surface area contributed by atoms with Gasteiger partial charge < -0.3 is 14.2 Å². The zero-order valence-electron chi connectivity index (χ0n) is 17.5.